The van der Waals surface area contributed by atoms with E-state index in [1.807, 2.05) is 11.5 Å². The summed E-state index contributed by atoms with van der Waals surface area (Å²) in [6.07, 6.45) is 4.77. The predicted octanol–water partition coefficient (Wildman–Crippen LogP) is 4.71. The summed E-state index contributed by atoms with van der Waals surface area (Å²) in [5.74, 6) is 0.549. The summed E-state index contributed by atoms with van der Waals surface area (Å²) >= 11 is 1.35. The quantitative estimate of drug-likeness (QED) is 0.598. The first-order valence-electron chi connectivity index (χ1n) is 9.87. The monoisotopic (exact) mass is 410 g/mol. The Morgan fingerprint density at radius 2 is 1.86 bits per heavy atom. The lowest BCUT2D eigenvalue weighted by atomic mass is 9.90. The molecule has 4 rings (SSSR count). The van der Waals surface area contributed by atoms with Crippen molar-refractivity contribution in [1.29, 1.82) is 0 Å². The Morgan fingerprint density at radius 3 is 2.62 bits per heavy atom. The largest absolute Gasteiger partial charge is 0.325 e. The molecule has 7 heteroatoms. The van der Waals surface area contributed by atoms with Crippen LogP contribution >= 0.6 is 11.8 Å². The number of aromatic nitrogens is 3. The molecule has 2 aromatic carbocycles. The number of hydrogen-bond donors (Lipinski definition) is 1. The third-order valence-electron chi connectivity index (χ3n) is 5.10. The summed E-state index contributed by atoms with van der Waals surface area (Å²) in [6, 6.07) is 12.3. The second kappa shape index (κ2) is 8.78. The minimum Gasteiger partial charge on any atom is -0.325 e. The molecule has 1 amide bonds. The molecule has 1 aromatic heterocycles. The zero-order valence-electron chi connectivity index (χ0n) is 16.3. The molecule has 1 heterocycles. The van der Waals surface area contributed by atoms with Gasteiger partial charge in [0.25, 0.3) is 0 Å². The molecule has 0 bridgehead atoms. The Balaban J connectivity index is 1.46. The molecule has 3 aromatic rings. The predicted molar refractivity (Wildman–Crippen MR) is 114 cm³/mol. The number of carbonyl (C=O) groups excluding carboxylic acids is 1. The number of benzene rings is 2. The van der Waals surface area contributed by atoms with Gasteiger partial charge in [-0.3, -0.25) is 4.79 Å². The van der Waals surface area contributed by atoms with Crippen molar-refractivity contribution in [1.82, 2.24) is 14.8 Å². The molecule has 0 radical (unpaired) electrons. The number of nitrogens with zero attached hydrogens (tertiary/aromatic N) is 3. The van der Waals surface area contributed by atoms with Crippen LogP contribution in [0.15, 0.2) is 47.6 Å². The van der Waals surface area contributed by atoms with Crippen LogP contribution in [-0.4, -0.2) is 26.4 Å². The number of halogens is 1. The zero-order valence-corrected chi connectivity index (χ0v) is 17.1. The average molecular weight is 411 g/mol. The molecule has 1 aliphatic carbocycles. The van der Waals surface area contributed by atoms with Crippen molar-refractivity contribution in [2.75, 3.05) is 11.1 Å². The van der Waals surface area contributed by atoms with Gasteiger partial charge in [0.05, 0.1) is 5.75 Å². The molecule has 1 N–H and O–H groups in total. The molecule has 0 aliphatic heterocycles. The fourth-order valence-electron chi connectivity index (χ4n) is 3.63. The summed E-state index contributed by atoms with van der Waals surface area (Å²) < 4.78 is 15.0. The lowest BCUT2D eigenvalue weighted by Gasteiger charge is -2.16. The van der Waals surface area contributed by atoms with Gasteiger partial charge in [0.1, 0.15) is 5.82 Å². The van der Waals surface area contributed by atoms with Crippen LogP contribution in [0.5, 0.6) is 0 Å². The number of anilines is 1. The highest BCUT2D eigenvalue weighted by Crippen LogP contribution is 2.29. The van der Waals surface area contributed by atoms with Gasteiger partial charge in [-0.05, 0) is 74.1 Å². The third-order valence-corrected chi connectivity index (χ3v) is 6.07. The van der Waals surface area contributed by atoms with E-state index in [0.717, 1.165) is 35.9 Å². The van der Waals surface area contributed by atoms with Crippen molar-refractivity contribution >= 4 is 23.4 Å². The maximum atomic E-state index is 13.0. The maximum Gasteiger partial charge on any atom is 0.234 e. The first-order valence-corrected chi connectivity index (χ1v) is 10.9. The van der Waals surface area contributed by atoms with E-state index in [2.05, 4.69) is 33.7 Å². The molecule has 0 saturated carbocycles. The van der Waals surface area contributed by atoms with Gasteiger partial charge in [-0.2, -0.15) is 0 Å². The van der Waals surface area contributed by atoms with E-state index < -0.39 is 0 Å². The van der Waals surface area contributed by atoms with Crippen LogP contribution in [0.4, 0.5) is 10.1 Å². The second-order valence-electron chi connectivity index (χ2n) is 7.08. The van der Waals surface area contributed by atoms with E-state index in [0.29, 0.717) is 5.69 Å². The Hall–Kier alpha value is -2.67. The number of fused-ring (bicyclic) bond motifs is 1. The van der Waals surface area contributed by atoms with Crippen molar-refractivity contribution in [3.05, 3.63) is 59.4 Å². The van der Waals surface area contributed by atoms with E-state index in [1.54, 1.807) is 12.1 Å². The van der Waals surface area contributed by atoms with Crippen LogP contribution in [0.1, 0.15) is 30.9 Å². The van der Waals surface area contributed by atoms with E-state index in [-0.39, 0.29) is 17.5 Å². The van der Waals surface area contributed by atoms with Crippen LogP contribution in [-0.2, 0) is 24.2 Å². The Morgan fingerprint density at radius 1 is 1.10 bits per heavy atom. The van der Waals surface area contributed by atoms with Crippen LogP contribution in [0.25, 0.3) is 11.4 Å². The molecule has 0 saturated heterocycles. The summed E-state index contributed by atoms with van der Waals surface area (Å²) in [7, 11) is 0. The van der Waals surface area contributed by atoms with Crippen LogP contribution < -0.4 is 5.32 Å². The lowest BCUT2D eigenvalue weighted by Crippen LogP contribution is -2.14. The van der Waals surface area contributed by atoms with E-state index >= 15 is 0 Å². The molecule has 0 fully saturated rings. The minimum absolute atomic E-state index is 0.164. The summed E-state index contributed by atoms with van der Waals surface area (Å²) in [6.45, 7) is 2.77. The molecule has 0 atom stereocenters. The van der Waals surface area contributed by atoms with Crippen molar-refractivity contribution in [3.8, 4) is 11.4 Å². The van der Waals surface area contributed by atoms with Crippen molar-refractivity contribution in [3.63, 3.8) is 0 Å². The number of nitrogens with one attached hydrogen (secondary N) is 1. The Bertz CT molecular complexity index is 1020. The maximum absolute atomic E-state index is 13.0. The van der Waals surface area contributed by atoms with E-state index in [1.165, 1.54) is 47.9 Å². The number of amides is 1. The highest BCUT2D eigenvalue weighted by atomic mass is 32.2. The van der Waals surface area contributed by atoms with Gasteiger partial charge in [0, 0.05) is 17.8 Å². The zero-order chi connectivity index (χ0) is 20.2. The van der Waals surface area contributed by atoms with Gasteiger partial charge in [-0.25, -0.2) is 4.39 Å². The first kappa shape index (κ1) is 19.6. The summed E-state index contributed by atoms with van der Waals surface area (Å²) in [4.78, 5) is 12.2. The number of rotatable bonds is 6. The topological polar surface area (TPSA) is 59.8 Å². The van der Waals surface area contributed by atoms with Gasteiger partial charge >= 0.3 is 0 Å². The van der Waals surface area contributed by atoms with Crippen molar-refractivity contribution in [2.45, 2.75) is 44.3 Å². The summed E-state index contributed by atoms with van der Waals surface area (Å²) in [5, 5.41) is 12.2. The van der Waals surface area contributed by atoms with Gasteiger partial charge in [0.2, 0.25) is 5.91 Å². The van der Waals surface area contributed by atoms with Crippen LogP contribution in [0.2, 0.25) is 0 Å². The fourth-order valence-corrected chi connectivity index (χ4v) is 4.43. The van der Waals surface area contributed by atoms with E-state index in [9.17, 15) is 9.18 Å². The van der Waals surface area contributed by atoms with Crippen LogP contribution in [0, 0.1) is 5.82 Å². The Labute approximate surface area is 173 Å². The standard InChI is InChI=1S/C22H23FN4OS/c1-2-27-21(17-8-7-15-5-3-4-6-16(15)13-17)25-26-22(27)29-14-20(28)24-19-11-9-18(23)10-12-19/h7-13H,2-6,14H2,1H3,(H,24,28). The number of thioether (sulfide) groups is 1. The molecule has 5 nitrogen and oxygen atoms in total. The lowest BCUT2D eigenvalue weighted by molar-refractivity contribution is -0.113. The number of carbonyl (C=O) groups is 1. The highest BCUT2D eigenvalue weighted by Gasteiger charge is 2.17. The number of hydrogen-bond acceptors (Lipinski definition) is 4. The normalized spacial score (nSPS) is 13.2. The average Bonchev–Trinajstić information content (AvgIpc) is 3.16. The van der Waals surface area contributed by atoms with Crippen molar-refractivity contribution < 1.29 is 9.18 Å². The first-order chi connectivity index (χ1) is 14.1. The molecule has 1 aliphatic rings. The molecule has 150 valence electrons. The summed E-state index contributed by atoms with van der Waals surface area (Å²) in [5.41, 5.74) is 4.49. The van der Waals surface area contributed by atoms with Gasteiger partial charge in [-0.1, -0.05) is 23.9 Å². The minimum atomic E-state index is -0.330. The molecule has 29 heavy (non-hydrogen) atoms. The third kappa shape index (κ3) is 4.50. The Kier molecular flexibility index (Phi) is 5.94. The molecular weight excluding hydrogens is 387 g/mol. The molecule has 0 unspecified atom stereocenters. The smallest absolute Gasteiger partial charge is 0.234 e. The molecular formula is C22H23FN4OS. The molecule has 0 spiro atoms. The van der Waals surface area contributed by atoms with Gasteiger partial charge in [0.15, 0.2) is 11.0 Å². The van der Waals surface area contributed by atoms with E-state index in [4.69, 9.17) is 0 Å². The number of aryl methyl sites for hydroxylation is 2. The van der Waals surface area contributed by atoms with Crippen molar-refractivity contribution in [2.24, 2.45) is 0 Å². The SMILES string of the molecule is CCn1c(SCC(=O)Nc2ccc(F)cc2)nnc1-c1ccc2c(c1)CCCC2. The van der Waals surface area contributed by atoms with Crippen LogP contribution in [0.3, 0.4) is 0 Å². The second-order valence-corrected chi connectivity index (χ2v) is 8.03. The van der Waals surface area contributed by atoms with Gasteiger partial charge in [-0.15, -0.1) is 10.2 Å². The highest BCUT2D eigenvalue weighted by molar-refractivity contribution is 7.99. The fraction of sp³-hybridized carbons (Fsp3) is 0.318. The van der Waals surface area contributed by atoms with Gasteiger partial charge < -0.3 is 9.88 Å².